The number of furan rings is 1. The molecule has 0 atom stereocenters. The van der Waals surface area contributed by atoms with Crippen LogP contribution in [0.5, 0.6) is 5.75 Å². The van der Waals surface area contributed by atoms with Crippen LogP contribution in [0.2, 0.25) is 0 Å². The molecule has 0 aliphatic heterocycles. The molecule has 106 valence electrons. The molecule has 0 radical (unpaired) electrons. The molecule has 0 aliphatic rings. The molecule has 1 N–H and O–H groups in total. The van der Waals surface area contributed by atoms with Crippen molar-refractivity contribution in [3.8, 4) is 22.6 Å². The van der Waals surface area contributed by atoms with Gasteiger partial charge in [-0.3, -0.25) is 14.3 Å². The first-order chi connectivity index (χ1) is 10.2. The number of nitrogens with one attached hydrogen (secondary N) is 1. The molecule has 6 nitrogen and oxygen atoms in total. The lowest BCUT2D eigenvalue weighted by Crippen LogP contribution is -2.27. The van der Waals surface area contributed by atoms with Gasteiger partial charge in [0.25, 0.3) is 5.56 Å². The van der Waals surface area contributed by atoms with Crippen molar-refractivity contribution < 1.29 is 9.15 Å². The van der Waals surface area contributed by atoms with Crippen molar-refractivity contribution in [3.05, 3.63) is 69.9 Å². The predicted molar refractivity (Wildman–Crippen MR) is 76.9 cm³/mol. The van der Waals surface area contributed by atoms with Crippen LogP contribution in [0.15, 0.2) is 63.1 Å². The van der Waals surface area contributed by atoms with E-state index < -0.39 is 11.2 Å². The highest BCUT2D eigenvalue weighted by Gasteiger charge is 2.10. The second-order valence-corrected chi connectivity index (χ2v) is 4.38. The fourth-order valence-electron chi connectivity index (χ4n) is 2.11. The van der Waals surface area contributed by atoms with Crippen molar-refractivity contribution in [2.45, 2.75) is 0 Å². The first-order valence-electron chi connectivity index (χ1n) is 6.22. The molecule has 0 amide bonds. The topological polar surface area (TPSA) is 77.2 Å². The van der Waals surface area contributed by atoms with E-state index >= 15 is 0 Å². The maximum Gasteiger partial charge on any atom is 0.332 e. The van der Waals surface area contributed by atoms with E-state index in [0.717, 1.165) is 11.1 Å². The Balaban J connectivity index is 2.19. The molecule has 0 unspecified atom stereocenters. The normalized spacial score (nSPS) is 10.5. The van der Waals surface area contributed by atoms with Crippen LogP contribution >= 0.6 is 0 Å². The van der Waals surface area contributed by atoms with E-state index in [4.69, 9.17) is 9.15 Å². The SMILES string of the molecule is COc1ccc(-n2ccc(=O)[nH]c2=O)cc1-c1ccoc1. The Morgan fingerprint density at radius 3 is 2.71 bits per heavy atom. The average molecular weight is 284 g/mol. The summed E-state index contributed by atoms with van der Waals surface area (Å²) in [5.74, 6) is 0.664. The Hall–Kier alpha value is -3.02. The predicted octanol–water partition coefficient (Wildman–Crippen LogP) is 1.79. The number of nitrogens with zero attached hydrogens (tertiary/aromatic N) is 1. The van der Waals surface area contributed by atoms with Crippen LogP contribution in [-0.2, 0) is 0 Å². The first kappa shape index (κ1) is 13.0. The van der Waals surface area contributed by atoms with Gasteiger partial charge in [0.2, 0.25) is 0 Å². The summed E-state index contributed by atoms with van der Waals surface area (Å²) >= 11 is 0. The summed E-state index contributed by atoms with van der Waals surface area (Å²) in [6.45, 7) is 0. The highest BCUT2D eigenvalue weighted by atomic mass is 16.5. The minimum Gasteiger partial charge on any atom is -0.496 e. The van der Waals surface area contributed by atoms with Gasteiger partial charge in [-0.2, -0.15) is 0 Å². The van der Waals surface area contributed by atoms with Crippen LogP contribution < -0.4 is 16.0 Å². The van der Waals surface area contributed by atoms with Crippen LogP contribution in [0.25, 0.3) is 16.8 Å². The lowest BCUT2D eigenvalue weighted by Gasteiger charge is -2.10. The smallest absolute Gasteiger partial charge is 0.332 e. The summed E-state index contributed by atoms with van der Waals surface area (Å²) in [6, 6.07) is 8.39. The van der Waals surface area contributed by atoms with Crippen LogP contribution in [0.3, 0.4) is 0 Å². The van der Waals surface area contributed by atoms with Crippen molar-refractivity contribution in [3.63, 3.8) is 0 Å². The maximum atomic E-state index is 11.9. The summed E-state index contributed by atoms with van der Waals surface area (Å²) in [6.07, 6.45) is 4.59. The zero-order valence-corrected chi connectivity index (χ0v) is 11.2. The van der Waals surface area contributed by atoms with Gasteiger partial charge in [0.15, 0.2) is 0 Å². The molecule has 0 bridgehead atoms. The molecule has 0 saturated heterocycles. The van der Waals surface area contributed by atoms with Gasteiger partial charge in [0.05, 0.1) is 25.3 Å². The summed E-state index contributed by atoms with van der Waals surface area (Å²) in [4.78, 5) is 25.2. The standard InChI is InChI=1S/C15H12N2O4/c1-20-13-3-2-11(8-12(13)10-5-7-21-9-10)17-6-4-14(18)16-15(17)19/h2-9H,1H3,(H,16,18,19). The first-order valence-corrected chi connectivity index (χ1v) is 6.22. The number of hydrogen-bond acceptors (Lipinski definition) is 4. The molecule has 2 aromatic heterocycles. The second kappa shape index (κ2) is 5.16. The van der Waals surface area contributed by atoms with Gasteiger partial charge >= 0.3 is 5.69 Å². The zero-order chi connectivity index (χ0) is 14.8. The summed E-state index contributed by atoms with van der Waals surface area (Å²) in [5, 5.41) is 0. The van der Waals surface area contributed by atoms with E-state index in [9.17, 15) is 9.59 Å². The van der Waals surface area contributed by atoms with E-state index in [1.54, 1.807) is 43.9 Å². The van der Waals surface area contributed by atoms with Crippen LogP contribution in [0, 0.1) is 0 Å². The third-order valence-electron chi connectivity index (χ3n) is 3.12. The van der Waals surface area contributed by atoms with Gasteiger partial charge in [-0.15, -0.1) is 0 Å². The Kier molecular flexibility index (Phi) is 3.19. The Morgan fingerprint density at radius 1 is 1.19 bits per heavy atom. The quantitative estimate of drug-likeness (QED) is 0.795. The molecule has 0 aliphatic carbocycles. The van der Waals surface area contributed by atoms with Crippen molar-refractivity contribution in [2.75, 3.05) is 7.11 Å². The highest BCUT2D eigenvalue weighted by molar-refractivity contribution is 5.72. The lowest BCUT2D eigenvalue weighted by molar-refractivity contribution is 0.416. The van der Waals surface area contributed by atoms with E-state index in [1.165, 1.54) is 16.8 Å². The molecule has 0 saturated carbocycles. The Morgan fingerprint density at radius 2 is 2.05 bits per heavy atom. The number of ether oxygens (including phenoxy) is 1. The van der Waals surface area contributed by atoms with Crippen LogP contribution in [0.1, 0.15) is 0 Å². The molecule has 3 rings (SSSR count). The second-order valence-electron chi connectivity index (χ2n) is 4.38. The Bertz CT molecular complexity index is 875. The summed E-state index contributed by atoms with van der Waals surface area (Å²) in [5.41, 5.74) is 1.33. The third-order valence-corrected chi connectivity index (χ3v) is 3.12. The maximum absolute atomic E-state index is 11.9. The minimum atomic E-state index is -0.495. The molecular weight excluding hydrogens is 272 g/mol. The van der Waals surface area contributed by atoms with Crippen molar-refractivity contribution in [1.29, 1.82) is 0 Å². The number of hydrogen-bond donors (Lipinski definition) is 1. The minimum absolute atomic E-state index is 0.431. The van der Waals surface area contributed by atoms with Gasteiger partial charge < -0.3 is 9.15 Å². The van der Waals surface area contributed by atoms with Crippen LogP contribution in [-0.4, -0.2) is 16.7 Å². The summed E-state index contributed by atoms with van der Waals surface area (Å²) in [7, 11) is 1.57. The molecule has 21 heavy (non-hydrogen) atoms. The molecule has 3 aromatic rings. The Labute approximate surface area is 119 Å². The third kappa shape index (κ3) is 2.38. The van der Waals surface area contributed by atoms with Gasteiger partial charge in [0.1, 0.15) is 5.75 Å². The number of methoxy groups -OCH3 is 1. The van der Waals surface area contributed by atoms with Gasteiger partial charge in [-0.25, -0.2) is 4.79 Å². The molecular formula is C15H12N2O4. The van der Waals surface area contributed by atoms with Crippen molar-refractivity contribution in [2.24, 2.45) is 0 Å². The number of aromatic amines is 1. The molecule has 0 fully saturated rings. The van der Waals surface area contributed by atoms with Crippen molar-refractivity contribution in [1.82, 2.24) is 9.55 Å². The highest BCUT2D eigenvalue weighted by Crippen LogP contribution is 2.31. The lowest BCUT2D eigenvalue weighted by atomic mass is 10.1. The van der Waals surface area contributed by atoms with Gasteiger partial charge in [-0.05, 0) is 24.3 Å². The van der Waals surface area contributed by atoms with E-state index in [1.807, 2.05) is 0 Å². The fraction of sp³-hybridized carbons (Fsp3) is 0.0667. The van der Waals surface area contributed by atoms with Gasteiger partial charge in [0, 0.05) is 23.4 Å². The average Bonchev–Trinajstić information content (AvgIpc) is 3.01. The fourth-order valence-corrected chi connectivity index (χ4v) is 2.11. The zero-order valence-electron chi connectivity index (χ0n) is 11.2. The van der Waals surface area contributed by atoms with E-state index in [-0.39, 0.29) is 0 Å². The molecule has 6 heteroatoms. The van der Waals surface area contributed by atoms with E-state index in [0.29, 0.717) is 11.4 Å². The van der Waals surface area contributed by atoms with Crippen LogP contribution in [0.4, 0.5) is 0 Å². The van der Waals surface area contributed by atoms with E-state index in [2.05, 4.69) is 4.98 Å². The summed E-state index contributed by atoms with van der Waals surface area (Å²) < 4.78 is 11.8. The van der Waals surface area contributed by atoms with Crippen molar-refractivity contribution >= 4 is 0 Å². The number of H-pyrrole nitrogens is 1. The molecule has 2 heterocycles. The monoisotopic (exact) mass is 284 g/mol. The largest absolute Gasteiger partial charge is 0.496 e. The van der Waals surface area contributed by atoms with Gasteiger partial charge in [-0.1, -0.05) is 0 Å². The number of rotatable bonds is 3. The number of benzene rings is 1. The molecule has 1 aromatic carbocycles. The number of aromatic nitrogens is 2. The molecule has 0 spiro atoms.